The van der Waals surface area contributed by atoms with E-state index in [0.29, 0.717) is 12.6 Å². The molecule has 1 aromatic rings. The van der Waals surface area contributed by atoms with Crippen molar-refractivity contribution in [3.8, 4) is 0 Å². The predicted molar refractivity (Wildman–Crippen MR) is 88.2 cm³/mol. The van der Waals surface area contributed by atoms with Gasteiger partial charge in [0.1, 0.15) is 0 Å². The van der Waals surface area contributed by atoms with Gasteiger partial charge in [-0.15, -0.1) is 12.4 Å². The first-order valence-corrected chi connectivity index (χ1v) is 7.55. The van der Waals surface area contributed by atoms with Crippen molar-refractivity contribution in [1.82, 2.24) is 10.2 Å². The molecule has 1 amide bonds. The molecule has 1 saturated heterocycles. The van der Waals surface area contributed by atoms with Crippen LogP contribution in [0.2, 0.25) is 0 Å². The molecule has 0 aromatic heterocycles. The van der Waals surface area contributed by atoms with Crippen LogP contribution in [-0.4, -0.2) is 43.5 Å². The number of carbonyl (C=O) groups excluding carboxylic acids is 1. The number of anilines is 1. The number of amides is 1. The number of nitrogens with one attached hydrogen (secondary N) is 2. The number of hydrogen-bond donors (Lipinski definition) is 2. The second-order valence-corrected chi connectivity index (χ2v) is 5.95. The lowest BCUT2D eigenvalue weighted by Crippen LogP contribution is -2.39. The monoisotopic (exact) mass is 309 g/mol. The van der Waals surface area contributed by atoms with Crippen LogP contribution in [0.3, 0.4) is 0 Å². The molecule has 0 saturated carbocycles. The zero-order valence-electron chi connectivity index (χ0n) is 12.5. The summed E-state index contributed by atoms with van der Waals surface area (Å²) >= 11 is 0. The number of fused-ring (bicyclic) bond motifs is 1. The van der Waals surface area contributed by atoms with Crippen molar-refractivity contribution >= 4 is 24.0 Å². The molecule has 0 bridgehead atoms. The minimum atomic E-state index is 0. The van der Waals surface area contributed by atoms with Crippen LogP contribution in [0.25, 0.3) is 0 Å². The molecule has 5 heteroatoms. The second-order valence-electron chi connectivity index (χ2n) is 5.95. The Bertz CT molecular complexity index is 500. The fraction of sp³-hybridized carbons (Fsp3) is 0.562. The highest BCUT2D eigenvalue weighted by Crippen LogP contribution is 2.24. The maximum Gasteiger partial charge on any atom is 0.238 e. The van der Waals surface area contributed by atoms with E-state index in [1.807, 2.05) is 13.1 Å². The Morgan fingerprint density at radius 2 is 2.19 bits per heavy atom. The maximum absolute atomic E-state index is 12.1. The average Bonchev–Trinajstić information content (AvgIpc) is 3.09. The van der Waals surface area contributed by atoms with Crippen LogP contribution in [0.1, 0.15) is 24.0 Å². The average molecular weight is 310 g/mol. The molecule has 0 radical (unpaired) electrons. The van der Waals surface area contributed by atoms with Gasteiger partial charge < -0.3 is 10.6 Å². The van der Waals surface area contributed by atoms with Crippen molar-refractivity contribution in [2.45, 2.75) is 31.7 Å². The SMILES string of the molecule is CN(CC(=O)Nc1ccc2c(c1)CCC2)C1CCNC1.Cl. The van der Waals surface area contributed by atoms with Crippen LogP contribution in [0.5, 0.6) is 0 Å². The lowest BCUT2D eigenvalue weighted by atomic mass is 10.1. The van der Waals surface area contributed by atoms with Gasteiger partial charge in [0.05, 0.1) is 6.54 Å². The molecule has 3 rings (SSSR count). The van der Waals surface area contributed by atoms with E-state index in [4.69, 9.17) is 0 Å². The van der Waals surface area contributed by atoms with Gasteiger partial charge in [-0.2, -0.15) is 0 Å². The molecule has 2 N–H and O–H groups in total. The van der Waals surface area contributed by atoms with Crippen molar-refractivity contribution in [1.29, 1.82) is 0 Å². The summed E-state index contributed by atoms with van der Waals surface area (Å²) in [6.07, 6.45) is 4.69. The lowest BCUT2D eigenvalue weighted by molar-refractivity contribution is -0.117. The van der Waals surface area contributed by atoms with Crippen molar-refractivity contribution in [3.63, 3.8) is 0 Å². The van der Waals surface area contributed by atoms with Gasteiger partial charge in [-0.25, -0.2) is 0 Å². The Labute approximate surface area is 132 Å². The summed E-state index contributed by atoms with van der Waals surface area (Å²) in [6.45, 7) is 2.51. The highest BCUT2D eigenvalue weighted by molar-refractivity contribution is 5.92. The molecule has 1 unspecified atom stereocenters. The second kappa shape index (κ2) is 7.25. The third-order valence-electron chi connectivity index (χ3n) is 4.43. The molecule has 1 aromatic carbocycles. The summed E-state index contributed by atoms with van der Waals surface area (Å²) < 4.78 is 0. The zero-order valence-corrected chi connectivity index (χ0v) is 13.3. The molecule has 1 fully saturated rings. The van der Waals surface area contributed by atoms with E-state index in [9.17, 15) is 4.79 Å². The number of benzene rings is 1. The first-order valence-electron chi connectivity index (χ1n) is 7.55. The van der Waals surface area contributed by atoms with E-state index in [1.54, 1.807) is 0 Å². The number of carbonyl (C=O) groups is 1. The van der Waals surface area contributed by atoms with Gasteiger partial charge in [0.15, 0.2) is 0 Å². The van der Waals surface area contributed by atoms with E-state index >= 15 is 0 Å². The Balaban J connectivity index is 0.00000161. The smallest absolute Gasteiger partial charge is 0.238 e. The fourth-order valence-electron chi connectivity index (χ4n) is 3.22. The summed E-state index contributed by atoms with van der Waals surface area (Å²) in [5.74, 6) is 0.0809. The van der Waals surface area contributed by atoms with Crippen molar-refractivity contribution in [2.24, 2.45) is 0 Å². The molecule has 1 heterocycles. The highest BCUT2D eigenvalue weighted by Gasteiger charge is 2.21. The number of hydrogen-bond acceptors (Lipinski definition) is 3. The van der Waals surface area contributed by atoms with E-state index in [0.717, 1.165) is 31.6 Å². The number of nitrogens with zero attached hydrogens (tertiary/aromatic N) is 1. The minimum absolute atomic E-state index is 0. The highest BCUT2D eigenvalue weighted by atomic mass is 35.5. The lowest BCUT2D eigenvalue weighted by Gasteiger charge is -2.22. The van der Waals surface area contributed by atoms with Gasteiger partial charge in [0.25, 0.3) is 0 Å². The molecule has 1 aliphatic heterocycles. The molecule has 0 spiro atoms. The fourth-order valence-corrected chi connectivity index (χ4v) is 3.22. The number of aryl methyl sites for hydroxylation is 2. The zero-order chi connectivity index (χ0) is 13.9. The standard InChI is InChI=1S/C16H23N3O.ClH/c1-19(15-7-8-17-10-15)11-16(20)18-14-6-5-12-3-2-4-13(12)9-14;/h5-6,9,15,17H,2-4,7-8,10-11H2,1H3,(H,18,20);1H. The molecule has 21 heavy (non-hydrogen) atoms. The van der Waals surface area contributed by atoms with Crippen molar-refractivity contribution in [3.05, 3.63) is 29.3 Å². The van der Waals surface area contributed by atoms with Crippen LogP contribution < -0.4 is 10.6 Å². The molecule has 1 aliphatic carbocycles. The Morgan fingerprint density at radius 3 is 2.95 bits per heavy atom. The van der Waals surface area contributed by atoms with Gasteiger partial charge in [-0.1, -0.05) is 6.07 Å². The van der Waals surface area contributed by atoms with Gasteiger partial charge in [0, 0.05) is 18.3 Å². The van der Waals surface area contributed by atoms with Crippen LogP contribution in [-0.2, 0) is 17.6 Å². The van der Waals surface area contributed by atoms with Crippen LogP contribution >= 0.6 is 12.4 Å². The van der Waals surface area contributed by atoms with Crippen LogP contribution in [0.15, 0.2) is 18.2 Å². The van der Waals surface area contributed by atoms with E-state index in [-0.39, 0.29) is 18.3 Å². The number of rotatable bonds is 4. The summed E-state index contributed by atoms with van der Waals surface area (Å²) in [4.78, 5) is 14.2. The normalized spacial score (nSPS) is 20.2. The van der Waals surface area contributed by atoms with E-state index in [1.165, 1.54) is 24.0 Å². The Morgan fingerprint density at radius 1 is 1.38 bits per heavy atom. The molecule has 2 aliphatic rings. The number of likely N-dealkylation sites (N-methyl/N-ethyl adjacent to an activating group) is 1. The predicted octanol–water partition coefficient (Wildman–Crippen LogP) is 1.83. The van der Waals surface area contributed by atoms with Gasteiger partial charge >= 0.3 is 0 Å². The summed E-state index contributed by atoms with van der Waals surface area (Å²) in [7, 11) is 2.03. The first kappa shape index (κ1) is 16.3. The van der Waals surface area contributed by atoms with Gasteiger partial charge in [-0.05, 0) is 62.5 Å². The quantitative estimate of drug-likeness (QED) is 0.892. The third kappa shape index (κ3) is 3.96. The van der Waals surface area contributed by atoms with Crippen molar-refractivity contribution in [2.75, 3.05) is 32.0 Å². The molecule has 4 nitrogen and oxygen atoms in total. The summed E-state index contributed by atoms with van der Waals surface area (Å²) in [6, 6.07) is 6.81. The van der Waals surface area contributed by atoms with Crippen LogP contribution in [0.4, 0.5) is 5.69 Å². The molecule has 1 atom stereocenters. The molecule has 116 valence electrons. The summed E-state index contributed by atoms with van der Waals surface area (Å²) in [5.41, 5.74) is 3.78. The Hall–Kier alpha value is -1.10. The molecular weight excluding hydrogens is 286 g/mol. The van der Waals surface area contributed by atoms with Gasteiger partial charge in [-0.3, -0.25) is 9.69 Å². The van der Waals surface area contributed by atoms with E-state index < -0.39 is 0 Å². The van der Waals surface area contributed by atoms with Crippen LogP contribution in [0, 0.1) is 0 Å². The third-order valence-corrected chi connectivity index (χ3v) is 4.43. The van der Waals surface area contributed by atoms with Crippen molar-refractivity contribution < 1.29 is 4.79 Å². The Kier molecular flexibility index (Phi) is 5.62. The number of halogens is 1. The topological polar surface area (TPSA) is 44.4 Å². The summed E-state index contributed by atoms with van der Waals surface area (Å²) in [5, 5.41) is 6.36. The first-order chi connectivity index (χ1) is 9.72. The maximum atomic E-state index is 12.1. The van der Waals surface area contributed by atoms with Gasteiger partial charge in [0.2, 0.25) is 5.91 Å². The largest absolute Gasteiger partial charge is 0.325 e. The molecular formula is C16H24ClN3O. The van der Waals surface area contributed by atoms with E-state index in [2.05, 4.69) is 27.7 Å². The minimum Gasteiger partial charge on any atom is -0.325 e.